The lowest BCUT2D eigenvalue weighted by atomic mass is 9.89. The molecule has 1 aliphatic carbocycles. The molecule has 4 nitrogen and oxygen atoms in total. The Morgan fingerprint density at radius 3 is 3.00 bits per heavy atom. The van der Waals surface area contributed by atoms with Crippen molar-refractivity contribution >= 4 is 5.69 Å². The van der Waals surface area contributed by atoms with E-state index in [1.807, 2.05) is 12.1 Å². The first kappa shape index (κ1) is 12.5. The fourth-order valence-corrected chi connectivity index (χ4v) is 2.60. The topological polar surface area (TPSA) is 71.9 Å². The molecular formula is C16H15N3O. The second-order valence-corrected chi connectivity index (χ2v) is 4.93. The molecule has 1 aromatic carbocycles. The van der Waals surface area contributed by atoms with E-state index in [9.17, 15) is 0 Å². The molecule has 0 fully saturated rings. The minimum Gasteiger partial charge on any atom is -0.468 e. The summed E-state index contributed by atoms with van der Waals surface area (Å²) in [5.41, 5.74) is 9.29. The summed E-state index contributed by atoms with van der Waals surface area (Å²) < 4.78 is 5.97. The van der Waals surface area contributed by atoms with E-state index in [1.54, 1.807) is 6.07 Å². The molecule has 0 aliphatic heterocycles. The number of nitrogens with two attached hydrogens (primary N) is 1. The lowest BCUT2D eigenvalue weighted by Gasteiger charge is -2.26. The van der Waals surface area contributed by atoms with Crippen LogP contribution in [-0.2, 0) is 6.42 Å². The molecule has 0 spiro atoms. The van der Waals surface area contributed by atoms with Crippen LogP contribution < -0.4 is 10.5 Å². The third kappa shape index (κ3) is 2.30. The Labute approximate surface area is 117 Å². The number of anilines is 1. The highest BCUT2D eigenvalue weighted by molar-refractivity contribution is 5.52. The van der Waals surface area contributed by atoms with E-state index in [0.29, 0.717) is 17.1 Å². The van der Waals surface area contributed by atoms with Gasteiger partial charge in [-0.1, -0.05) is 24.3 Å². The fourth-order valence-electron chi connectivity index (χ4n) is 2.60. The molecular weight excluding hydrogens is 250 g/mol. The molecule has 0 saturated carbocycles. The molecule has 0 bridgehead atoms. The van der Waals surface area contributed by atoms with Crippen LogP contribution in [0.25, 0.3) is 0 Å². The molecule has 2 N–H and O–H groups in total. The first-order chi connectivity index (χ1) is 9.78. The number of nitrogen functional groups attached to an aromatic ring is 1. The van der Waals surface area contributed by atoms with Gasteiger partial charge in [0.2, 0.25) is 5.88 Å². The first-order valence-corrected chi connectivity index (χ1v) is 6.68. The number of fused-ring (bicyclic) bond motifs is 1. The predicted molar refractivity (Wildman–Crippen MR) is 76.1 cm³/mol. The molecule has 1 aromatic heterocycles. The monoisotopic (exact) mass is 265 g/mol. The Morgan fingerprint density at radius 2 is 2.20 bits per heavy atom. The predicted octanol–water partition coefficient (Wildman–Crippen LogP) is 2.99. The van der Waals surface area contributed by atoms with Crippen molar-refractivity contribution in [2.24, 2.45) is 0 Å². The molecule has 0 saturated heterocycles. The van der Waals surface area contributed by atoms with Crippen LogP contribution in [0.5, 0.6) is 5.88 Å². The van der Waals surface area contributed by atoms with E-state index >= 15 is 0 Å². The molecule has 20 heavy (non-hydrogen) atoms. The Bertz CT molecular complexity index is 676. The van der Waals surface area contributed by atoms with Crippen LogP contribution in [-0.4, -0.2) is 4.98 Å². The van der Waals surface area contributed by atoms with Crippen LogP contribution in [0, 0.1) is 11.3 Å². The number of benzene rings is 1. The van der Waals surface area contributed by atoms with Gasteiger partial charge in [-0.25, -0.2) is 4.98 Å². The average molecular weight is 265 g/mol. The van der Waals surface area contributed by atoms with E-state index in [-0.39, 0.29) is 6.10 Å². The maximum absolute atomic E-state index is 8.82. The van der Waals surface area contributed by atoms with Gasteiger partial charge in [-0.05, 0) is 36.5 Å². The highest BCUT2D eigenvalue weighted by Crippen LogP contribution is 2.34. The smallest absolute Gasteiger partial charge is 0.237 e. The summed E-state index contributed by atoms with van der Waals surface area (Å²) in [7, 11) is 0. The third-order valence-electron chi connectivity index (χ3n) is 3.58. The van der Waals surface area contributed by atoms with Crippen LogP contribution in [0.3, 0.4) is 0 Å². The minimum atomic E-state index is -0.0114. The van der Waals surface area contributed by atoms with Crippen LogP contribution >= 0.6 is 0 Å². The summed E-state index contributed by atoms with van der Waals surface area (Å²) in [5, 5.41) is 8.82. The number of nitriles is 1. The summed E-state index contributed by atoms with van der Waals surface area (Å²) in [5.74, 6) is 0.408. The van der Waals surface area contributed by atoms with E-state index < -0.39 is 0 Å². The van der Waals surface area contributed by atoms with Gasteiger partial charge in [0.25, 0.3) is 0 Å². The number of hydrogen-bond donors (Lipinski definition) is 1. The van der Waals surface area contributed by atoms with Crippen molar-refractivity contribution in [1.29, 1.82) is 5.26 Å². The number of hydrogen-bond acceptors (Lipinski definition) is 4. The Balaban J connectivity index is 1.88. The van der Waals surface area contributed by atoms with E-state index in [4.69, 9.17) is 15.7 Å². The molecule has 1 aliphatic rings. The van der Waals surface area contributed by atoms with E-state index in [1.165, 1.54) is 17.3 Å². The minimum absolute atomic E-state index is 0.0114. The molecule has 0 amide bonds. The van der Waals surface area contributed by atoms with Crippen LogP contribution in [0.4, 0.5) is 5.69 Å². The number of pyridine rings is 1. The van der Waals surface area contributed by atoms with Gasteiger partial charge < -0.3 is 10.5 Å². The average Bonchev–Trinajstić information content (AvgIpc) is 2.49. The fraction of sp³-hybridized carbons (Fsp3) is 0.250. The number of rotatable bonds is 2. The summed E-state index contributed by atoms with van der Waals surface area (Å²) in [6.07, 6.45) is 4.62. The molecule has 1 unspecified atom stereocenters. The van der Waals surface area contributed by atoms with Crippen LogP contribution in [0.2, 0.25) is 0 Å². The van der Waals surface area contributed by atoms with Gasteiger partial charge in [0, 0.05) is 6.20 Å². The van der Waals surface area contributed by atoms with Crippen molar-refractivity contribution < 1.29 is 4.74 Å². The molecule has 100 valence electrons. The lowest BCUT2D eigenvalue weighted by Crippen LogP contribution is -2.16. The van der Waals surface area contributed by atoms with Gasteiger partial charge in [0.15, 0.2) is 0 Å². The second kappa shape index (κ2) is 5.22. The molecule has 2 aromatic rings. The van der Waals surface area contributed by atoms with Gasteiger partial charge in [-0.15, -0.1) is 0 Å². The largest absolute Gasteiger partial charge is 0.468 e. The van der Waals surface area contributed by atoms with E-state index in [2.05, 4.69) is 23.2 Å². The van der Waals surface area contributed by atoms with Gasteiger partial charge in [-0.2, -0.15) is 5.26 Å². The maximum atomic E-state index is 8.82. The summed E-state index contributed by atoms with van der Waals surface area (Å²) in [4.78, 5) is 4.15. The molecule has 0 radical (unpaired) electrons. The van der Waals surface area contributed by atoms with Gasteiger partial charge in [-0.3, -0.25) is 0 Å². The van der Waals surface area contributed by atoms with Crippen molar-refractivity contribution in [3.05, 3.63) is 53.2 Å². The van der Waals surface area contributed by atoms with Gasteiger partial charge >= 0.3 is 0 Å². The van der Waals surface area contributed by atoms with Crippen LogP contribution in [0.15, 0.2) is 36.5 Å². The Kier molecular flexibility index (Phi) is 3.26. The number of aryl methyl sites for hydroxylation is 1. The van der Waals surface area contributed by atoms with Crippen molar-refractivity contribution in [1.82, 2.24) is 4.98 Å². The second-order valence-electron chi connectivity index (χ2n) is 4.93. The summed E-state index contributed by atoms with van der Waals surface area (Å²) in [6, 6.07) is 11.9. The summed E-state index contributed by atoms with van der Waals surface area (Å²) in [6.45, 7) is 0. The molecule has 3 rings (SSSR count). The Morgan fingerprint density at radius 1 is 1.35 bits per heavy atom. The van der Waals surface area contributed by atoms with Gasteiger partial charge in [0.1, 0.15) is 12.2 Å². The van der Waals surface area contributed by atoms with Crippen molar-refractivity contribution in [3.63, 3.8) is 0 Å². The molecule has 1 atom stereocenters. The standard InChI is InChI=1S/C16H15N3O/c17-9-11-8-14(18)16(19-10-11)20-15-7-3-5-12-4-1-2-6-13(12)15/h1-2,4,6,8,10,15H,3,5,7,18H2. The number of nitrogens with zero attached hydrogens (tertiary/aromatic N) is 2. The van der Waals surface area contributed by atoms with Crippen molar-refractivity contribution in [3.8, 4) is 11.9 Å². The van der Waals surface area contributed by atoms with Gasteiger partial charge in [0.05, 0.1) is 11.3 Å². The zero-order valence-electron chi connectivity index (χ0n) is 11.0. The lowest BCUT2D eigenvalue weighted by molar-refractivity contribution is 0.177. The summed E-state index contributed by atoms with van der Waals surface area (Å²) >= 11 is 0. The number of ether oxygens (including phenoxy) is 1. The Hall–Kier alpha value is -2.54. The highest BCUT2D eigenvalue weighted by atomic mass is 16.5. The number of aromatic nitrogens is 1. The normalized spacial score (nSPS) is 17.1. The first-order valence-electron chi connectivity index (χ1n) is 6.68. The van der Waals surface area contributed by atoms with Crippen molar-refractivity contribution in [2.75, 3.05) is 5.73 Å². The maximum Gasteiger partial charge on any atom is 0.237 e. The zero-order chi connectivity index (χ0) is 13.9. The molecule has 4 heteroatoms. The SMILES string of the molecule is N#Cc1cnc(OC2CCCc3ccccc32)c(N)c1. The van der Waals surface area contributed by atoms with E-state index in [0.717, 1.165) is 19.3 Å². The third-order valence-corrected chi connectivity index (χ3v) is 3.58. The van der Waals surface area contributed by atoms with Crippen LogP contribution in [0.1, 0.15) is 35.6 Å². The quantitative estimate of drug-likeness (QED) is 0.906. The zero-order valence-corrected chi connectivity index (χ0v) is 11.0. The highest BCUT2D eigenvalue weighted by Gasteiger charge is 2.22. The van der Waals surface area contributed by atoms with Crippen molar-refractivity contribution in [2.45, 2.75) is 25.4 Å². The molecule has 1 heterocycles.